The van der Waals surface area contributed by atoms with Crippen LogP contribution >= 0.6 is 0 Å². The van der Waals surface area contributed by atoms with E-state index in [1.165, 1.54) is 4.31 Å². The van der Waals surface area contributed by atoms with E-state index in [9.17, 15) is 13.5 Å². The Kier molecular flexibility index (Phi) is 4.87. The maximum atomic E-state index is 12.4. The van der Waals surface area contributed by atoms with Gasteiger partial charge < -0.3 is 9.52 Å². The van der Waals surface area contributed by atoms with Crippen LogP contribution in [0.4, 0.5) is 0 Å². The molecule has 1 aromatic rings. The van der Waals surface area contributed by atoms with Gasteiger partial charge in [0, 0.05) is 26.2 Å². The summed E-state index contributed by atoms with van der Waals surface area (Å²) in [6.07, 6.45) is 3.96. The fourth-order valence-corrected chi connectivity index (χ4v) is 4.75. The Hall–Kier alpha value is -0.890. The maximum Gasteiger partial charge on any atom is 0.276 e. The molecule has 0 bridgehead atoms. The van der Waals surface area contributed by atoms with E-state index in [0.29, 0.717) is 31.3 Å². The number of likely N-dealkylation sites (tertiary alicyclic amines) is 1. The Balaban J connectivity index is 1.66. The lowest BCUT2D eigenvalue weighted by atomic mass is 9.99. The molecular formula is C15H24N2O4S. The lowest BCUT2D eigenvalue weighted by Crippen LogP contribution is -2.36. The number of aliphatic hydroxyl groups excluding tert-OH is 1. The van der Waals surface area contributed by atoms with Crippen molar-refractivity contribution in [2.75, 3.05) is 32.8 Å². The van der Waals surface area contributed by atoms with Crippen LogP contribution in [-0.4, -0.2) is 55.5 Å². The van der Waals surface area contributed by atoms with Gasteiger partial charge in [0.25, 0.3) is 10.0 Å². The molecule has 2 fully saturated rings. The van der Waals surface area contributed by atoms with Gasteiger partial charge in [-0.15, -0.1) is 0 Å². The Morgan fingerprint density at radius 3 is 2.68 bits per heavy atom. The lowest BCUT2D eigenvalue weighted by Gasteiger charge is -2.30. The van der Waals surface area contributed by atoms with E-state index in [-0.39, 0.29) is 11.7 Å². The molecule has 1 unspecified atom stereocenters. The number of furan rings is 1. The summed E-state index contributed by atoms with van der Waals surface area (Å²) in [5, 5.41) is 9.33. The van der Waals surface area contributed by atoms with Gasteiger partial charge in [0.15, 0.2) is 0 Å². The molecule has 0 spiro atoms. The molecular weight excluding hydrogens is 304 g/mol. The molecule has 0 aliphatic carbocycles. The summed E-state index contributed by atoms with van der Waals surface area (Å²) in [6, 6.07) is 3.32. The number of rotatable bonds is 5. The van der Waals surface area contributed by atoms with Gasteiger partial charge in [0.2, 0.25) is 5.09 Å². The van der Waals surface area contributed by atoms with Crippen LogP contribution in [0.15, 0.2) is 21.6 Å². The highest BCUT2D eigenvalue weighted by Gasteiger charge is 2.30. The van der Waals surface area contributed by atoms with E-state index in [1.54, 1.807) is 12.1 Å². The molecule has 7 heteroatoms. The highest BCUT2D eigenvalue weighted by Crippen LogP contribution is 2.24. The second-order valence-corrected chi connectivity index (χ2v) is 8.13. The number of sulfonamides is 1. The third kappa shape index (κ3) is 3.37. The first-order chi connectivity index (χ1) is 10.6. The van der Waals surface area contributed by atoms with Crippen LogP contribution in [0.1, 0.15) is 31.4 Å². The van der Waals surface area contributed by atoms with Crippen molar-refractivity contribution >= 4 is 10.0 Å². The van der Waals surface area contributed by atoms with E-state index in [2.05, 4.69) is 4.90 Å². The number of aliphatic hydroxyl groups is 1. The van der Waals surface area contributed by atoms with Gasteiger partial charge in [-0.05, 0) is 50.3 Å². The minimum absolute atomic E-state index is 0.0557. The fourth-order valence-electron chi connectivity index (χ4n) is 3.30. The molecule has 6 nitrogen and oxygen atoms in total. The van der Waals surface area contributed by atoms with E-state index in [0.717, 1.165) is 38.8 Å². The van der Waals surface area contributed by atoms with E-state index >= 15 is 0 Å². The lowest BCUT2D eigenvalue weighted by molar-refractivity contribution is 0.109. The summed E-state index contributed by atoms with van der Waals surface area (Å²) >= 11 is 0. The van der Waals surface area contributed by atoms with Crippen molar-refractivity contribution in [2.24, 2.45) is 5.92 Å². The maximum absolute atomic E-state index is 12.4. The van der Waals surface area contributed by atoms with Crippen LogP contribution in [0.2, 0.25) is 0 Å². The zero-order chi connectivity index (χ0) is 15.6. The molecule has 1 N–H and O–H groups in total. The van der Waals surface area contributed by atoms with Crippen molar-refractivity contribution in [1.82, 2.24) is 9.21 Å². The smallest absolute Gasteiger partial charge is 0.276 e. The third-order valence-electron chi connectivity index (χ3n) is 4.54. The first-order valence-corrected chi connectivity index (χ1v) is 9.45. The van der Waals surface area contributed by atoms with Gasteiger partial charge >= 0.3 is 0 Å². The second kappa shape index (κ2) is 6.70. The molecule has 2 aliphatic heterocycles. The molecule has 0 radical (unpaired) electrons. The Labute approximate surface area is 131 Å². The average molecular weight is 328 g/mol. The molecule has 124 valence electrons. The normalized spacial score (nSPS) is 24.9. The zero-order valence-electron chi connectivity index (χ0n) is 12.8. The van der Waals surface area contributed by atoms with Crippen molar-refractivity contribution < 1.29 is 17.9 Å². The molecule has 0 amide bonds. The third-order valence-corrected chi connectivity index (χ3v) is 6.31. The van der Waals surface area contributed by atoms with Crippen LogP contribution in [0.3, 0.4) is 0 Å². The first kappa shape index (κ1) is 16.0. The topological polar surface area (TPSA) is 74.0 Å². The van der Waals surface area contributed by atoms with Gasteiger partial charge in [0.1, 0.15) is 5.76 Å². The van der Waals surface area contributed by atoms with Crippen molar-refractivity contribution in [1.29, 1.82) is 0 Å². The van der Waals surface area contributed by atoms with E-state index in [1.807, 2.05) is 0 Å². The van der Waals surface area contributed by atoms with Gasteiger partial charge in [-0.25, -0.2) is 8.42 Å². The molecule has 3 heterocycles. The number of hydrogen-bond donors (Lipinski definition) is 1. The average Bonchev–Trinajstić information content (AvgIpc) is 3.19. The number of hydrogen-bond acceptors (Lipinski definition) is 5. The van der Waals surface area contributed by atoms with Gasteiger partial charge in [-0.1, -0.05) is 0 Å². The molecule has 3 rings (SSSR count). The van der Waals surface area contributed by atoms with Gasteiger partial charge in [-0.2, -0.15) is 4.31 Å². The molecule has 1 aromatic heterocycles. The predicted octanol–water partition coefficient (Wildman–Crippen LogP) is 1.27. The molecule has 2 saturated heterocycles. The zero-order valence-corrected chi connectivity index (χ0v) is 13.6. The summed E-state index contributed by atoms with van der Waals surface area (Å²) in [5.74, 6) is 0.993. The Morgan fingerprint density at radius 2 is 1.95 bits per heavy atom. The summed E-state index contributed by atoms with van der Waals surface area (Å²) in [6.45, 7) is 3.79. The molecule has 22 heavy (non-hydrogen) atoms. The van der Waals surface area contributed by atoms with Gasteiger partial charge in [0.05, 0.1) is 6.54 Å². The monoisotopic (exact) mass is 328 g/mol. The van der Waals surface area contributed by atoms with Crippen LogP contribution in [0.5, 0.6) is 0 Å². The summed E-state index contributed by atoms with van der Waals surface area (Å²) in [7, 11) is -3.47. The van der Waals surface area contributed by atoms with E-state index < -0.39 is 10.0 Å². The van der Waals surface area contributed by atoms with Crippen molar-refractivity contribution in [3.05, 3.63) is 17.9 Å². The van der Waals surface area contributed by atoms with Crippen LogP contribution in [0.25, 0.3) is 0 Å². The number of piperidine rings is 1. The van der Waals surface area contributed by atoms with E-state index in [4.69, 9.17) is 4.42 Å². The molecule has 1 atom stereocenters. The largest absolute Gasteiger partial charge is 0.447 e. The SMILES string of the molecule is O=S(=O)(c1ccc(CN2CCCC(CO)C2)o1)N1CCCC1. The highest BCUT2D eigenvalue weighted by molar-refractivity contribution is 7.89. The standard InChI is InChI=1S/C15H24N2O4S/c18-12-13-4-3-7-16(10-13)11-14-5-6-15(21-14)22(19,20)17-8-1-2-9-17/h5-6,13,18H,1-4,7-12H2. The van der Waals surface area contributed by atoms with Crippen molar-refractivity contribution in [2.45, 2.75) is 37.3 Å². The summed E-state index contributed by atoms with van der Waals surface area (Å²) in [5.41, 5.74) is 0. The molecule has 0 saturated carbocycles. The minimum Gasteiger partial charge on any atom is -0.447 e. The van der Waals surface area contributed by atoms with Crippen LogP contribution in [0, 0.1) is 5.92 Å². The van der Waals surface area contributed by atoms with Crippen molar-refractivity contribution in [3.63, 3.8) is 0 Å². The summed E-state index contributed by atoms with van der Waals surface area (Å²) in [4.78, 5) is 2.22. The van der Waals surface area contributed by atoms with Gasteiger partial charge in [-0.3, -0.25) is 4.90 Å². The fraction of sp³-hybridized carbons (Fsp3) is 0.733. The summed E-state index contributed by atoms with van der Waals surface area (Å²) < 4.78 is 31.9. The predicted molar refractivity (Wildman–Crippen MR) is 81.8 cm³/mol. The second-order valence-electron chi connectivity index (χ2n) is 6.26. The highest BCUT2D eigenvalue weighted by atomic mass is 32.2. The Bertz CT molecular complexity index is 592. The minimum atomic E-state index is -3.47. The van der Waals surface area contributed by atoms with Crippen LogP contribution < -0.4 is 0 Å². The Morgan fingerprint density at radius 1 is 1.18 bits per heavy atom. The molecule has 2 aliphatic rings. The molecule has 0 aromatic carbocycles. The quantitative estimate of drug-likeness (QED) is 0.881. The van der Waals surface area contributed by atoms with Crippen molar-refractivity contribution in [3.8, 4) is 0 Å². The first-order valence-electron chi connectivity index (χ1n) is 8.01. The van der Waals surface area contributed by atoms with Crippen LogP contribution in [-0.2, 0) is 16.6 Å². The number of nitrogens with zero attached hydrogens (tertiary/aromatic N) is 2.